The summed E-state index contributed by atoms with van der Waals surface area (Å²) in [5, 5.41) is 1.85. The fourth-order valence-electron chi connectivity index (χ4n) is 1.41. The third-order valence-electron chi connectivity index (χ3n) is 2.65. The van der Waals surface area contributed by atoms with E-state index in [1.54, 1.807) is 0 Å². The summed E-state index contributed by atoms with van der Waals surface area (Å²) in [6.45, 7) is 5.17. The van der Waals surface area contributed by atoms with Crippen LogP contribution in [0.5, 0.6) is 0 Å². The Morgan fingerprint density at radius 2 is 1.33 bits per heavy atom. The average Bonchev–Trinajstić information content (AvgIpc) is 2.32. The lowest BCUT2D eigenvalue weighted by molar-refractivity contribution is -0.118. The van der Waals surface area contributed by atoms with Gasteiger partial charge in [0.15, 0.2) is 4.58 Å². The predicted molar refractivity (Wildman–Crippen MR) is 70.8 cm³/mol. The molecule has 0 spiro atoms. The van der Waals surface area contributed by atoms with Crippen molar-refractivity contribution in [3.63, 3.8) is 0 Å². The molecule has 0 aliphatic rings. The molecule has 0 bridgehead atoms. The summed E-state index contributed by atoms with van der Waals surface area (Å²) in [6, 6.07) is -1.63. The molecule has 0 aromatic carbocycles. The van der Waals surface area contributed by atoms with Crippen molar-refractivity contribution >= 4 is 25.6 Å². The van der Waals surface area contributed by atoms with Crippen molar-refractivity contribution in [3.05, 3.63) is 12.2 Å². The van der Waals surface area contributed by atoms with Gasteiger partial charge in [-0.25, -0.2) is 16.8 Å². The molecule has 1 N–H and O–H groups in total. The van der Waals surface area contributed by atoms with Crippen molar-refractivity contribution in [2.24, 2.45) is 0 Å². The molecule has 0 rings (SSSR count). The normalized spacial score (nSPS) is 15.2. The maximum Gasteiger partial charge on any atom is 0.498 e. The van der Waals surface area contributed by atoms with Crippen molar-refractivity contribution in [2.75, 3.05) is 0 Å². The monoisotopic (exact) mass is 405 g/mol. The van der Waals surface area contributed by atoms with Gasteiger partial charge in [0.2, 0.25) is 5.91 Å². The first-order chi connectivity index (χ1) is 10.4. The summed E-state index contributed by atoms with van der Waals surface area (Å²) >= 11 is 0. The number of rotatable bonds is 6. The van der Waals surface area contributed by atoms with E-state index in [0.717, 1.165) is 6.92 Å². The van der Waals surface area contributed by atoms with E-state index in [4.69, 9.17) is 0 Å². The summed E-state index contributed by atoms with van der Waals surface area (Å²) in [5.41, 5.74) is -12.6. The maximum atomic E-state index is 12.5. The highest BCUT2D eigenvalue weighted by Crippen LogP contribution is 2.38. The van der Waals surface area contributed by atoms with Crippen LogP contribution in [0.1, 0.15) is 20.3 Å². The van der Waals surface area contributed by atoms with Crippen LogP contribution in [0.4, 0.5) is 26.3 Å². The van der Waals surface area contributed by atoms with Gasteiger partial charge in [-0.05, 0) is 20.3 Å². The van der Waals surface area contributed by atoms with E-state index >= 15 is 0 Å². The number of alkyl halides is 6. The zero-order chi connectivity index (χ0) is 19.7. The summed E-state index contributed by atoms with van der Waals surface area (Å²) in [6.07, 6.45) is -1.65. The number of nitrogens with one attached hydrogen (secondary N) is 1. The third-order valence-corrected chi connectivity index (χ3v) is 7.23. The van der Waals surface area contributed by atoms with Crippen molar-refractivity contribution in [1.82, 2.24) is 5.32 Å². The lowest BCUT2D eigenvalue weighted by Crippen LogP contribution is -2.48. The Hall–Kier alpha value is -1.31. The van der Waals surface area contributed by atoms with E-state index in [1.165, 1.54) is 6.92 Å². The SMILES string of the molecule is C=C(C)C(=O)NC(C)CC(S(=O)(=O)C(F)(F)F)S(=O)(=O)C(F)(F)F. The average molecular weight is 405 g/mol. The molecule has 142 valence electrons. The first-order valence-electron chi connectivity index (χ1n) is 5.92. The number of sulfone groups is 2. The molecule has 0 radical (unpaired) electrons. The molecule has 14 heteroatoms. The molecule has 1 atom stereocenters. The van der Waals surface area contributed by atoms with Gasteiger partial charge in [0.05, 0.1) is 0 Å². The Kier molecular flexibility index (Phi) is 6.52. The zero-order valence-electron chi connectivity index (χ0n) is 12.2. The molecular weight excluding hydrogens is 392 g/mol. The van der Waals surface area contributed by atoms with E-state index < -0.39 is 53.6 Å². The molecule has 6 nitrogen and oxygen atoms in total. The highest BCUT2D eigenvalue weighted by molar-refractivity contribution is 8.09. The Balaban J connectivity index is 5.96. The van der Waals surface area contributed by atoms with E-state index in [0.29, 0.717) is 0 Å². The van der Waals surface area contributed by atoms with Crippen molar-refractivity contribution in [2.45, 2.75) is 41.9 Å². The molecule has 0 aliphatic carbocycles. The van der Waals surface area contributed by atoms with Crippen LogP contribution >= 0.6 is 0 Å². The molecule has 24 heavy (non-hydrogen) atoms. The molecular formula is C10H13F6NO5S2. The number of carbonyl (C=O) groups excluding carboxylic acids is 1. The number of halogens is 6. The van der Waals surface area contributed by atoms with Gasteiger partial charge in [-0.3, -0.25) is 4.79 Å². The molecule has 0 saturated heterocycles. The van der Waals surface area contributed by atoms with Crippen LogP contribution in [0.2, 0.25) is 0 Å². The Labute approximate surface area is 133 Å². The molecule has 1 amide bonds. The second-order valence-corrected chi connectivity index (χ2v) is 9.34. The van der Waals surface area contributed by atoms with Gasteiger partial charge in [-0.15, -0.1) is 0 Å². The van der Waals surface area contributed by atoms with Gasteiger partial charge in [0.1, 0.15) is 0 Å². The van der Waals surface area contributed by atoms with E-state index in [-0.39, 0.29) is 5.57 Å². The zero-order valence-corrected chi connectivity index (χ0v) is 13.8. The summed E-state index contributed by atoms with van der Waals surface area (Å²) in [5.74, 6) is -0.991. The van der Waals surface area contributed by atoms with Crippen LogP contribution in [0, 0.1) is 0 Å². The Morgan fingerprint density at radius 3 is 1.58 bits per heavy atom. The molecule has 0 saturated carbocycles. The van der Waals surface area contributed by atoms with Gasteiger partial charge in [0.25, 0.3) is 19.7 Å². The summed E-state index contributed by atoms with van der Waals surface area (Å²) in [4.78, 5) is 11.3. The van der Waals surface area contributed by atoms with Crippen LogP contribution in [-0.2, 0) is 24.5 Å². The standard InChI is InChI=1S/C10H13F6NO5S2/c1-5(2)8(18)17-6(3)4-7(23(19,20)9(11,12)13)24(21,22)10(14,15)16/h6-7H,1,4H2,2-3H3,(H,17,18). The van der Waals surface area contributed by atoms with Crippen molar-refractivity contribution in [3.8, 4) is 0 Å². The molecule has 0 aromatic heterocycles. The van der Waals surface area contributed by atoms with E-state index in [9.17, 15) is 48.0 Å². The fraction of sp³-hybridized carbons (Fsp3) is 0.700. The Morgan fingerprint density at radius 1 is 1.00 bits per heavy atom. The second-order valence-electron chi connectivity index (χ2n) is 4.80. The van der Waals surface area contributed by atoms with Gasteiger partial charge in [-0.2, -0.15) is 26.3 Å². The molecule has 1 unspecified atom stereocenters. The number of amides is 1. The third kappa shape index (κ3) is 4.84. The fourth-order valence-corrected chi connectivity index (χ4v) is 5.08. The van der Waals surface area contributed by atoms with Gasteiger partial charge in [0, 0.05) is 11.6 Å². The maximum absolute atomic E-state index is 12.5. The number of hydrogen-bond acceptors (Lipinski definition) is 5. The minimum Gasteiger partial charge on any atom is -0.350 e. The number of hydrogen-bond donors (Lipinski definition) is 1. The summed E-state index contributed by atoms with van der Waals surface area (Å²) in [7, 11) is -13.4. The molecule has 0 heterocycles. The first kappa shape index (κ1) is 22.7. The molecule has 0 fully saturated rings. The lowest BCUT2D eigenvalue weighted by atomic mass is 10.2. The van der Waals surface area contributed by atoms with Crippen LogP contribution in [0.15, 0.2) is 12.2 Å². The van der Waals surface area contributed by atoms with Crippen LogP contribution in [0.3, 0.4) is 0 Å². The first-order valence-corrected chi connectivity index (χ1v) is 9.01. The van der Waals surface area contributed by atoms with E-state index in [2.05, 4.69) is 6.58 Å². The highest BCUT2D eigenvalue weighted by Gasteiger charge is 2.62. The van der Waals surface area contributed by atoms with E-state index in [1.807, 2.05) is 5.32 Å². The van der Waals surface area contributed by atoms with Gasteiger partial charge in [-0.1, -0.05) is 6.58 Å². The quantitative estimate of drug-likeness (QED) is 0.535. The minimum atomic E-state index is -6.71. The van der Waals surface area contributed by atoms with Crippen LogP contribution in [0.25, 0.3) is 0 Å². The van der Waals surface area contributed by atoms with Crippen LogP contribution < -0.4 is 5.32 Å². The second kappa shape index (κ2) is 6.90. The summed E-state index contributed by atoms with van der Waals surface area (Å²) < 4.78 is 116. The number of carbonyl (C=O) groups is 1. The molecule has 0 aliphatic heterocycles. The van der Waals surface area contributed by atoms with Gasteiger partial charge < -0.3 is 5.32 Å². The van der Waals surface area contributed by atoms with Crippen LogP contribution in [-0.4, -0.2) is 44.4 Å². The predicted octanol–water partition coefficient (Wildman–Crippen LogP) is 1.65. The largest absolute Gasteiger partial charge is 0.498 e. The molecule has 0 aromatic rings. The minimum absolute atomic E-state index is 0.171. The van der Waals surface area contributed by atoms with Crippen molar-refractivity contribution in [1.29, 1.82) is 0 Å². The van der Waals surface area contributed by atoms with Gasteiger partial charge >= 0.3 is 11.0 Å². The smallest absolute Gasteiger partial charge is 0.350 e. The topological polar surface area (TPSA) is 97.4 Å². The highest BCUT2D eigenvalue weighted by atomic mass is 32.3. The Bertz CT molecular complexity index is 663. The van der Waals surface area contributed by atoms with Crippen molar-refractivity contribution < 1.29 is 48.0 Å². The lowest BCUT2D eigenvalue weighted by Gasteiger charge is -2.24.